The molecule has 1 aliphatic rings. The normalized spacial score (nSPS) is 16.9. The molecular weight excluding hydrogens is 380 g/mol. The maximum Gasteiger partial charge on any atom is 0.253 e. The summed E-state index contributed by atoms with van der Waals surface area (Å²) in [7, 11) is 1.66. The summed E-state index contributed by atoms with van der Waals surface area (Å²) in [4.78, 5) is 18.8. The number of likely N-dealkylation sites (tertiary alicyclic amines) is 1. The largest absolute Gasteiger partial charge is 0.383 e. The van der Waals surface area contributed by atoms with Crippen LogP contribution in [0.15, 0.2) is 23.0 Å². The Morgan fingerprint density at radius 3 is 2.70 bits per heavy atom. The van der Waals surface area contributed by atoms with Crippen LogP contribution < -0.4 is 5.56 Å². The van der Waals surface area contributed by atoms with Crippen LogP contribution in [0.5, 0.6) is 0 Å². The Hall–Kier alpha value is -2.58. The standard InChI is InChI=1S/C22H30N6O2/c1-14-7-9-27(10-8-14)20(21-24-25-26-28(21)11-12-30-4)18-13-17-15(2)5-6-16(3)19(17)23-22(18)29/h5-6,13-14,20H,7-12H2,1-4H3,(H,23,29)/t20-/m1/s1. The minimum absolute atomic E-state index is 0.0823. The van der Waals surface area contributed by atoms with Crippen molar-refractivity contribution in [2.45, 2.75) is 46.2 Å². The third kappa shape index (κ3) is 3.89. The number of nitrogens with one attached hydrogen (secondary N) is 1. The summed E-state index contributed by atoms with van der Waals surface area (Å²) < 4.78 is 6.99. The number of pyridine rings is 1. The number of ether oxygens (including phenoxy) is 1. The van der Waals surface area contributed by atoms with Gasteiger partial charge in [-0.25, -0.2) is 4.68 Å². The van der Waals surface area contributed by atoms with Crippen molar-refractivity contribution in [1.29, 1.82) is 0 Å². The van der Waals surface area contributed by atoms with Gasteiger partial charge in [-0.2, -0.15) is 0 Å². The second-order valence-electron chi connectivity index (χ2n) is 8.42. The van der Waals surface area contributed by atoms with Gasteiger partial charge in [0, 0.05) is 18.1 Å². The van der Waals surface area contributed by atoms with Crippen LogP contribution in [-0.2, 0) is 11.3 Å². The SMILES string of the molecule is COCCn1nnnc1[C@@H](c1cc2c(C)ccc(C)c2[nH]c1=O)N1CCC(C)CC1. The van der Waals surface area contributed by atoms with Crippen LogP contribution >= 0.6 is 0 Å². The monoisotopic (exact) mass is 410 g/mol. The van der Waals surface area contributed by atoms with E-state index in [-0.39, 0.29) is 11.6 Å². The average Bonchev–Trinajstić information content (AvgIpc) is 3.19. The molecule has 1 atom stereocenters. The fourth-order valence-corrected chi connectivity index (χ4v) is 4.32. The molecule has 1 fully saturated rings. The van der Waals surface area contributed by atoms with Crippen LogP contribution in [0.1, 0.15) is 48.3 Å². The minimum atomic E-state index is -0.294. The molecule has 2 aromatic heterocycles. The van der Waals surface area contributed by atoms with Crippen LogP contribution in [0.25, 0.3) is 10.9 Å². The number of piperidine rings is 1. The Labute approximate surface area is 176 Å². The summed E-state index contributed by atoms with van der Waals surface area (Å²) in [6.45, 7) is 9.25. The van der Waals surface area contributed by atoms with E-state index >= 15 is 0 Å². The quantitative estimate of drug-likeness (QED) is 0.672. The van der Waals surface area contributed by atoms with Gasteiger partial charge >= 0.3 is 0 Å². The zero-order valence-electron chi connectivity index (χ0n) is 18.2. The fraction of sp³-hybridized carbons (Fsp3) is 0.545. The molecule has 4 rings (SSSR count). The van der Waals surface area contributed by atoms with Crippen molar-refractivity contribution in [3.05, 3.63) is 51.1 Å². The van der Waals surface area contributed by atoms with Gasteiger partial charge in [-0.1, -0.05) is 19.1 Å². The van der Waals surface area contributed by atoms with Crippen molar-refractivity contribution in [2.75, 3.05) is 26.8 Å². The predicted octanol–water partition coefficient (Wildman–Crippen LogP) is 2.60. The van der Waals surface area contributed by atoms with Gasteiger partial charge in [-0.05, 0) is 73.3 Å². The molecule has 1 aliphatic heterocycles. The highest BCUT2D eigenvalue weighted by atomic mass is 16.5. The number of benzene rings is 1. The first kappa shape index (κ1) is 20.7. The summed E-state index contributed by atoms with van der Waals surface area (Å²) in [5, 5.41) is 13.5. The lowest BCUT2D eigenvalue weighted by Gasteiger charge is -2.36. The Balaban J connectivity index is 1.86. The van der Waals surface area contributed by atoms with Crippen molar-refractivity contribution in [1.82, 2.24) is 30.1 Å². The number of aromatic amines is 1. The Bertz CT molecular complexity index is 1080. The predicted molar refractivity (Wildman–Crippen MR) is 116 cm³/mol. The number of tetrazole rings is 1. The van der Waals surface area contributed by atoms with E-state index in [1.807, 2.05) is 19.1 Å². The van der Waals surface area contributed by atoms with Crippen molar-refractivity contribution in [3.63, 3.8) is 0 Å². The van der Waals surface area contributed by atoms with Crippen molar-refractivity contribution in [2.24, 2.45) is 5.92 Å². The van der Waals surface area contributed by atoms with Gasteiger partial charge in [-0.15, -0.1) is 5.10 Å². The Morgan fingerprint density at radius 2 is 1.97 bits per heavy atom. The zero-order chi connectivity index (χ0) is 21.3. The second kappa shape index (κ2) is 8.65. The van der Waals surface area contributed by atoms with Gasteiger partial charge in [0.25, 0.3) is 5.56 Å². The molecule has 0 spiro atoms. The van der Waals surface area contributed by atoms with Gasteiger partial charge in [0.1, 0.15) is 6.04 Å². The number of hydrogen-bond donors (Lipinski definition) is 1. The highest BCUT2D eigenvalue weighted by molar-refractivity contribution is 5.85. The van der Waals surface area contributed by atoms with Crippen molar-refractivity contribution < 1.29 is 4.74 Å². The average molecular weight is 411 g/mol. The molecule has 0 aliphatic carbocycles. The summed E-state index contributed by atoms with van der Waals surface area (Å²) in [5.41, 5.74) is 3.71. The molecule has 8 heteroatoms. The van der Waals surface area contributed by atoms with Crippen molar-refractivity contribution in [3.8, 4) is 0 Å². The zero-order valence-corrected chi connectivity index (χ0v) is 18.2. The van der Waals surface area contributed by atoms with Gasteiger partial charge in [0.05, 0.1) is 18.7 Å². The molecule has 8 nitrogen and oxygen atoms in total. The molecule has 30 heavy (non-hydrogen) atoms. The number of H-pyrrole nitrogens is 1. The van der Waals surface area contributed by atoms with Crippen LogP contribution in [0, 0.1) is 19.8 Å². The summed E-state index contributed by atoms with van der Waals surface area (Å²) in [5.74, 6) is 1.38. The minimum Gasteiger partial charge on any atom is -0.383 e. The highest BCUT2D eigenvalue weighted by Gasteiger charge is 2.32. The summed E-state index contributed by atoms with van der Waals surface area (Å²) in [6.07, 6.45) is 2.19. The van der Waals surface area contributed by atoms with E-state index < -0.39 is 0 Å². The molecule has 0 radical (unpaired) electrons. The van der Waals surface area contributed by atoms with E-state index in [1.54, 1.807) is 11.8 Å². The maximum atomic E-state index is 13.3. The van der Waals surface area contributed by atoms with Gasteiger partial charge in [0.2, 0.25) is 0 Å². The molecule has 1 saturated heterocycles. The van der Waals surface area contributed by atoms with Gasteiger partial charge < -0.3 is 9.72 Å². The number of aryl methyl sites for hydroxylation is 2. The molecule has 3 heterocycles. The number of nitrogens with zero attached hydrogens (tertiary/aromatic N) is 5. The molecular formula is C22H30N6O2. The third-order valence-corrected chi connectivity index (χ3v) is 6.26. The van der Waals surface area contributed by atoms with Gasteiger partial charge in [-0.3, -0.25) is 9.69 Å². The Morgan fingerprint density at radius 1 is 1.23 bits per heavy atom. The topological polar surface area (TPSA) is 88.9 Å². The van der Waals surface area contributed by atoms with Crippen LogP contribution in [0.3, 0.4) is 0 Å². The molecule has 0 amide bonds. The van der Waals surface area contributed by atoms with Gasteiger partial charge in [0.15, 0.2) is 5.82 Å². The van der Waals surface area contributed by atoms with Crippen LogP contribution in [0.2, 0.25) is 0 Å². The molecule has 3 aromatic rings. The molecule has 160 valence electrons. The van der Waals surface area contributed by atoms with E-state index in [0.29, 0.717) is 30.5 Å². The molecule has 0 unspecified atom stereocenters. The lowest BCUT2D eigenvalue weighted by molar-refractivity contribution is 0.144. The van der Waals surface area contributed by atoms with E-state index in [1.165, 1.54) is 0 Å². The van der Waals surface area contributed by atoms with E-state index in [2.05, 4.69) is 45.3 Å². The van der Waals surface area contributed by atoms with Crippen LogP contribution in [0.4, 0.5) is 0 Å². The highest BCUT2D eigenvalue weighted by Crippen LogP contribution is 2.31. The molecule has 1 aromatic carbocycles. The first-order valence-corrected chi connectivity index (χ1v) is 10.6. The van der Waals surface area contributed by atoms with Crippen LogP contribution in [-0.4, -0.2) is 56.9 Å². The molecule has 1 N–H and O–H groups in total. The summed E-state index contributed by atoms with van der Waals surface area (Å²) >= 11 is 0. The Kier molecular flexibility index (Phi) is 5.97. The molecule has 0 saturated carbocycles. The number of rotatable bonds is 6. The van der Waals surface area contributed by atoms with E-state index in [0.717, 1.165) is 48.0 Å². The van der Waals surface area contributed by atoms with E-state index in [9.17, 15) is 4.79 Å². The third-order valence-electron chi connectivity index (χ3n) is 6.26. The molecule has 0 bridgehead atoms. The van der Waals surface area contributed by atoms with E-state index in [4.69, 9.17) is 4.74 Å². The number of fused-ring (bicyclic) bond motifs is 1. The lowest BCUT2D eigenvalue weighted by Crippen LogP contribution is -2.40. The first-order chi connectivity index (χ1) is 14.5. The first-order valence-electron chi connectivity index (χ1n) is 10.6. The number of methoxy groups -OCH3 is 1. The number of aromatic nitrogens is 5. The maximum absolute atomic E-state index is 13.3. The fourth-order valence-electron chi connectivity index (χ4n) is 4.32. The number of hydrogen-bond acceptors (Lipinski definition) is 6. The van der Waals surface area contributed by atoms with Crippen molar-refractivity contribution >= 4 is 10.9 Å². The lowest BCUT2D eigenvalue weighted by atomic mass is 9.94. The summed E-state index contributed by atoms with van der Waals surface area (Å²) in [6, 6.07) is 5.88. The smallest absolute Gasteiger partial charge is 0.253 e. The second-order valence-corrected chi connectivity index (χ2v) is 8.42.